The molecule has 45 heavy (non-hydrogen) atoms. The van der Waals surface area contributed by atoms with Crippen LogP contribution in [0.4, 0.5) is 0 Å². The number of benzene rings is 2. The summed E-state index contributed by atoms with van der Waals surface area (Å²) in [6, 6.07) is 18.3. The standard InChI is InChI=1S/C39H48N4O2/c1-27(2)36-25-40-43(38(36)12-8-22-44-5)39-13-7-11-37(41-39)35-10-6-9-28(3)33(35)17-16-30-14-15-31-26-42(21-18-34(31)29(30)4)32-19-23-45-24-20-32/h6-7,9-11,13-15,25,32H,1,8,12,16-24,26H2,2-5H3. The van der Waals surface area contributed by atoms with Crippen LogP contribution in [0.5, 0.6) is 0 Å². The first-order chi connectivity index (χ1) is 21.9. The van der Waals surface area contributed by atoms with Crippen molar-refractivity contribution in [3.05, 3.63) is 106 Å². The Morgan fingerprint density at radius 3 is 2.64 bits per heavy atom. The summed E-state index contributed by atoms with van der Waals surface area (Å²) in [5.74, 6) is 0.834. The van der Waals surface area contributed by atoms with E-state index in [-0.39, 0.29) is 0 Å². The molecule has 2 aromatic heterocycles. The zero-order chi connectivity index (χ0) is 31.3. The monoisotopic (exact) mass is 604 g/mol. The Morgan fingerprint density at radius 1 is 1.02 bits per heavy atom. The average Bonchev–Trinajstić information content (AvgIpc) is 3.50. The van der Waals surface area contributed by atoms with Gasteiger partial charge in [0.2, 0.25) is 0 Å². The zero-order valence-corrected chi connectivity index (χ0v) is 27.6. The highest BCUT2D eigenvalue weighted by atomic mass is 16.5. The normalized spacial score (nSPS) is 15.7. The van der Waals surface area contributed by atoms with Crippen molar-refractivity contribution in [1.29, 1.82) is 0 Å². The largest absolute Gasteiger partial charge is 0.385 e. The van der Waals surface area contributed by atoms with Gasteiger partial charge in [0, 0.05) is 57.2 Å². The van der Waals surface area contributed by atoms with Gasteiger partial charge in [-0.1, -0.05) is 43.0 Å². The third kappa shape index (κ3) is 6.84. The summed E-state index contributed by atoms with van der Waals surface area (Å²) in [5.41, 5.74) is 14.1. The van der Waals surface area contributed by atoms with Crippen LogP contribution in [0, 0.1) is 13.8 Å². The van der Waals surface area contributed by atoms with Gasteiger partial charge in [-0.25, -0.2) is 9.67 Å². The van der Waals surface area contributed by atoms with Gasteiger partial charge in [-0.05, 0) is 117 Å². The van der Waals surface area contributed by atoms with Crippen LogP contribution in [0.1, 0.15) is 70.8 Å². The second kappa shape index (κ2) is 14.2. The van der Waals surface area contributed by atoms with Gasteiger partial charge in [0.05, 0.1) is 17.6 Å². The molecule has 0 spiro atoms. The summed E-state index contributed by atoms with van der Waals surface area (Å²) in [4.78, 5) is 7.87. The lowest BCUT2D eigenvalue weighted by atomic mass is 9.87. The molecule has 6 nitrogen and oxygen atoms in total. The molecule has 0 radical (unpaired) electrons. The van der Waals surface area contributed by atoms with Crippen molar-refractivity contribution in [3.8, 4) is 17.1 Å². The first-order valence-corrected chi connectivity index (χ1v) is 16.6. The predicted molar refractivity (Wildman–Crippen MR) is 183 cm³/mol. The Bertz CT molecular complexity index is 1650. The van der Waals surface area contributed by atoms with E-state index >= 15 is 0 Å². The van der Waals surface area contributed by atoms with Crippen molar-refractivity contribution in [3.63, 3.8) is 0 Å². The fraction of sp³-hybridized carbons (Fsp3) is 0.436. The van der Waals surface area contributed by atoms with Gasteiger partial charge in [0.25, 0.3) is 0 Å². The number of hydrogen-bond donors (Lipinski definition) is 0. The molecule has 1 saturated heterocycles. The maximum absolute atomic E-state index is 5.62. The quantitative estimate of drug-likeness (QED) is 0.166. The minimum Gasteiger partial charge on any atom is -0.385 e. The van der Waals surface area contributed by atoms with E-state index in [9.17, 15) is 0 Å². The molecule has 0 aliphatic carbocycles. The number of methoxy groups -OCH3 is 1. The average molecular weight is 605 g/mol. The zero-order valence-electron chi connectivity index (χ0n) is 27.6. The smallest absolute Gasteiger partial charge is 0.154 e. The maximum atomic E-state index is 5.62. The Kier molecular flexibility index (Phi) is 9.94. The molecule has 0 unspecified atom stereocenters. The van der Waals surface area contributed by atoms with Gasteiger partial charge in [-0.2, -0.15) is 5.10 Å². The van der Waals surface area contributed by atoms with Crippen LogP contribution in [0.2, 0.25) is 0 Å². The summed E-state index contributed by atoms with van der Waals surface area (Å²) >= 11 is 0. The Balaban J connectivity index is 1.23. The molecular weight excluding hydrogens is 556 g/mol. The van der Waals surface area contributed by atoms with Crippen molar-refractivity contribution >= 4 is 5.57 Å². The molecule has 0 bridgehead atoms. The highest BCUT2D eigenvalue weighted by Gasteiger charge is 2.26. The number of allylic oxidation sites excluding steroid dienone is 1. The molecule has 2 aliphatic rings. The van der Waals surface area contributed by atoms with Crippen molar-refractivity contribution in [2.75, 3.05) is 33.5 Å². The number of ether oxygens (including phenoxy) is 2. The molecule has 4 heterocycles. The van der Waals surface area contributed by atoms with E-state index in [1.165, 1.54) is 33.4 Å². The lowest BCUT2D eigenvalue weighted by Crippen LogP contribution is -2.42. The molecule has 1 fully saturated rings. The molecule has 0 N–H and O–H groups in total. The Morgan fingerprint density at radius 2 is 1.84 bits per heavy atom. The number of pyridine rings is 1. The van der Waals surface area contributed by atoms with Crippen molar-refractivity contribution < 1.29 is 9.47 Å². The van der Waals surface area contributed by atoms with Gasteiger partial charge in [0.1, 0.15) is 0 Å². The molecule has 2 aliphatic heterocycles. The fourth-order valence-corrected chi connectivity index (χ4v) is 7.32. The first kappa shape index (κ1) is 31.4. The molecule has 0 atom stereocenters. The SMILES string of the molecule is C=C(C)c1cnn(-c2cccc(-c3cccc(C)c3CCc3ccc4c(c3C)CCN(C3CCOCC3)C4)n2)c1CCCOC. The van der Waals surface area contributed by atoms with Crippen LogP contribution in [0.15, 0.2) is 61.3 Å². The Hall–Kier alpha value is -3.58. The van der Waals surface area contributed by atoms with Gasteiger partial charge >= 0.3 is 0 Å². The van der Waals surface area contributed by atoms with Crippen LogP contribution in [0.3, 0.4) is 0 Å². The third-order valence-electron chi connectivity index (χ3n) is 9.91. The fourth-order valence-electron chi connectivity index (χ4n) is 7.32. The molecule has 0 amide bonds. The van der Waals surface area contributed by atoms with E-state index in [0.717, 1.165) is 99.6 Å². The molecule has 0 saturated carbocycles. The van der Waals surface area contributed by atoms with Gasteiger partial charge in [-0.3, -0.25) is 4.90 Å². The maximum Gasteiger partial charge on any atom is 0.154 e. The number of aryl methyl sites for hydroxylation is 2. The van der Waals surface area contributed by atoms with E-state index in [4.69, 9.17) is 19.6 Å². The number of rotatable bonds is 11. The minimum atomic E-state index is 0.669. The summed E-state index contributed by atoms with van der Waals surface area (Å²) in [6.07, 6.45) is 9.15. The van der Waals surface area contributed by atoms with E-state index in [0.29, 0.717) is 12.6 Å². The lowest BCUT2D eigenvalue weighted by molar-refractivity contribution is 0.0290. The minimum absolute atomic E-state index is 0.669. The van der Waals surface area contributed by atoms with Crippen molar-refractivity contribution in [2.24, 2.45) is 0 Å². The molecule has 236 valence electrons. The van der Waals surface area contributed by atoms with E-state index < -0.39 is 0 Å². The van der Waals surface area contributed by atoms with Gasteiger partial charge < -0.3 is 9.47 Å². The van der Waals surface area contributed by atoms with E-state index in [1.54, 1.807) is 12.7 Å². The van der Waals surface area contributed by atoms with Crippen molar-refractivity contribution in [1.82, 2.24) is 19.7 Å². The summed E-state index contributed by atoms with van der Waals surface area (Å²) in [6.45, 7) is 15.6. The lowest BCUT2D eigenvalue weighted by Gasteiger charge is -2.38. The molecule has 2 aromatic carbocycles. The van der Waals surface area contributed by atoms with Crippen molar-refractivity contribution in [2.45, 2.75) is 78.3 Å². The van der Waals surface area contributed by atoms with Crippen LogP contribution in [0.25, 0.3) is 22.6 Å². The molecule has 4 aromatic rings. The highest BCUT2D eigenvalue weighted by molar-refractivity contribution is 5.67. The summed E-state index contributed by atoms with van der Waals surface area (Å²) in [7, 11) is 1.75. The number of nitrogens with zero attached hydrogens (tertiary/aromatic N) is 4. The summed E-state index contributed by atoms with van der Waals surface area (Å²) < 4.78 is 12.9. The van der Waals surface area contributed by atoms with Crippen LogP contribution >= 0.6 is 0 Å². The van der Waals surface area contributed by atoms with E-state index in [2.05, 4.69) is 67.8 Å². The van der Waals surface area contributed by atoms with Gasteiger partial charge in [-0.15, -0.1) is 0 Å². The van der Waals surface area contributed by atoms with Crippen LogP contribution in [-0.4, -0.2) is 59.2 Å². The number of hydrogen-bond acceptors (Lipinski definition) is 5. The highest BCUT2D eigenvalue weighted by Crippen LogP contribution is 2.31. The topological polar surface area (TPSA) is 52.4 Å². The number of fused-ring (bicyclic) bond motifs is 1. The molecule has 6 heteroatoms. The molecular formula is C39H48N4O2. The molecule has 6 rings (SSSR count). The van der Waals surface area contributed by atoms with Crippen LogP contribution in [-0.2, 0) is 41.7 Å². The Labute approximate surface area is 269 Å². The van der Waals surface area contributed by atoms with Crippen LogP contribution < -0.4 is 0 Å². The summed E-state index contributed by atoms with van der Waals surface area (Å²) in [5, 5.41) is 4.76. The number of aromatic nitrogens is 3. The van der Waals surface area contributed by atoms with E-state index in [1.807, 2.05) is 23.9 Å². The predicted octanol–water partition coefficient (Wildman–Crippen LogP) is 7.49. The van der Waals surface area contributed by atoms with Gasteiger partial charge in [0.15, 0.2) is 5.82 Å². The second-order valence-corrected chi connectivity index (χ2v) is 12.8. The first-order valence-electron chi connectivity index (χ1n) is 16.6. The third-order valence-corrected chi connectivity index (χ3v) is 9.91. The second-order valence-electron chi connectivity index (χ2n) is 12.8.